The van der Waals surface area contributed by atoms with E-state index in [1.54, 1.807) is 0 Å². The summed E-state index contributed by atoms with van der Waals surface area (Å²) in [5, 5.41) is 7.92. The average Bonchev–Trinajstić information content (AvgIpc) is 2.65. The minimum absolute atomic E-state index is 0. The minimum Gasteiger partial charge on any atom is -0.493 e. The second-order valence-electron chi connectivity index (χ2n) is 4.42. The van der Waals surface area contributed by atoms with Gasteiger partial charge in [-0.2, -0.15) is 5.10 Å². The molecule has 0 saturated carbocycles. The quantitative estimate of drug-likeness (QED) is 0.925. The fourth-order valence-electron chi connectivity index (χ4n) is 1.92. The van der Waals surface area contributed by atoms with E-state index in [0.29, 0.717) is 6.61 Å². The SMILES string of the molecule is Cc1cc(OCCc2c(C)n[nH]c2C)ccc1Cl.Cl. The number of rotatable bonds is 4. The van der Waals surface area contributed by atoms with E-state index in [9.17, 15) is 0 Å². The number of halogens is 2. The Bertz CT molecular complexity index is 533. The zero-order chi connectivity index (χ0) is 13.1. The summed E-state index contributed by atoms with van der Waals surface area (Å²) in [6, 6.07) is 5.71. The maximum absolute atomic E-state index is 5.97. The highest BCUT2D eigenvalue weighted by Crippen LogP contribution is 2.21. The highest BCUT2D eigenvalue weighted by Gasteiger charge is 2.06. The Morgan fingerprint density at radius 3 is 2.58 bits per heavy atom. The van der Waals surface area contributed by atoms with Crippen molar-refractivity contribution in [3.05, 3.63) is 45.7 Å². The lowest BCUT2D eigenvalue weighted by molar-refractivity contribution is 0.321. The fraction of sp³-hybridized carbons (Fsp3) is 0.357. The van der Waals surface area contributed by atoms with Crippen LogP contribution in [0.1, 0.15) is 22.5 Å². The van der Waals surface area contributed by atoms with Gasteiger partial charge in [0.1, 0.15) is 5.75 Å². The summed E-state index contributed by atoms with van der Waals surface area (Å²) in [5.41, 5.74) is 4.43. The van der Waals surface area contributed by atoms with Crippen molar-refractivity contribution in [1.82, 2.24) is 10.2 Å². The van der Waals surface area contributed by atoms with Gasteiger partial charge in [0.2, 0.25) is 0 Å². The smallest absolute Gasteiger partial charge is 0.119 e. The van der Waals surface area contributed by atoms with E-state index in [1.165, 1.54) is 5.56 Å². The summed E-state index contributed by atoms with van der Waals surface area (Å²) < 4.78 is 5.72. The zero-order valence-electron chi connectivity index (χ0n) is 11.3. The van der Waals surface area contributed by atoms with Gasteiger partial charge in [-0.3, -0.25) is 5.10 Å². The van der Waals surface area contributed by atoms with Gasteiger partial charge < -0.3 is 4.74 Å². The van der Waals surface area contributed by atoms with Gasteiger partial charge in [0.15, 0.2) is 0 Å². The van der Waals surface area contributed by atoms with E-state index in [-0.39, 0.29) is 12.4 Å². The number of nitrogens with one attached hydrogen (secondary N) is 1. The van der Waals surface area contributed by atoms with Crippen LogP contribution in [-0.2, 0) is 6.42 Å². The molecule has 2 rings (SSSR count). The number of H-pyrrole nitrogens is 1. The molecule has 1 aromatic heterocycles. The Balaban J connectivity index is 0.00000180. The number of benzene rings is 1. The molecule has 2 aromatic rings. The van der Waals surface area contributed by atoms with E-state index in [0.717, 1.165) is 34.1 Å². The molecule has 0 unspecified atom stereocenters. The molecule has 1 N–H and O–H groups in total. The number of ether oxygens (including phenoxy) is 1. The third-order valence-electron chi connectivity index (χ3n) is 3.03. The van der Waals surface area contributed by atoms with E-state index in [4.69, 9.17) is 16.3 Å². The summed E-state index contributed by atoms with van der Waals surface area (Å²) >= 11 is 5.97. The molecule has 0 aliphatic heterocycles. The summed E-state index contributed by atoms with van der Waals surface area (Å²) in [4.78, 5) is 0. The molecule has 0 radical (unpaired) electrons. The molecule has 0 amide bonds. The average molecular weight is 301 g/mol. The first-order chi connectivity index (χ1) is 8.58. The zero-order valence-corrected chi connectivity index (χ0v) is 12.9. The summed E-state index contributed by atoms with van der Waals surface area (Å²) in [6.45, 7) is 6.65. The maximum Gasteiger partial charge on any atom is 0.119 e. The molecule has 0 bridgehead atoms. The molecule has 0 aliphatic rings. The highest BCUT2D eigenvalue weighted by molar-refractivity contribution is 6.31. The van der Waals surface area contributed by atoms with Crippen molar-refractivity contribution in [2.75, 3.05) is 6.61 Å². The van der Waals surface area contributed by atoms with Crippen LogP contribution >= 0.6 is 24.0 Å². The van der Waals surface area contributed by atoms with Crippen LogP contribution in [0.15, 0.2) is 18.2 Å². The number of hydrogen-bond donors (Lipinski definition) is 1. The third kappa shape index (κ3) is 3.88. The molecule has 3 nitrogen and oxygen atoms in total. The summed E-state index contributed by atoms with van der Waals surface area (Å²) in [6.07, 6.45) is 0.857. The van der Waals surface area contributed by atoms with Crippen LogP contribution in [0.2, 0.25) is 5.02 Å². The monoisotopic (exact) mass is 300 g/mol. The Morgan fingerprint density at radius 1 is 1.26 bits per heavy atom. The first-order valence-electron chi connectivity index (χ1n) is 5.97. The molecule has 0 atom stereocenters. The lowest BCUT2D eigenvalue weighted by Crippen LogP contribution is -2.03. The Kier molecular flexibility index (Phi) is 5.70. The van der Waals surface area contributed by atoms with Gasteiger partial charge >= 0.3 is 0 Å². The maximum atomic E-state index is 5.97. The van der Waals surface area contributed by atoms with Crippen LogP contribution in [-0.4, -0.2) is 16.8 Å². The summed E-state index contributed by atoms with van der Waals surface area (Å²) in [5.74, 6) is 0.857. The molecular weight excluding hydrogens is 283 g/mol. The fourth-order valence-corrected chi connectivity index (χ4v) is 2.04. The van der Waals surface area contributed by atoms with Gasteiger partial charge in [0, 0.05) is 17.1 Å². The summed E-state index contributed by atoms with van der Waals surface area (Å²) in [7, 11) is 0. The van der Waals surface area contributed by atoms with Gasteiger partial charge in [0.25, 0.3) is 0 Å². The predicted molar refractivity (Wildman–Crippen MR) is 80.7 cm³/mol. The van der Waals surface area contributed by atoms with Gasteiger partial charge in [-0.15, -0.1) is 12.4 Å². The Labute approximate surface area is 124 Å². The topological polar surface area (TPSA) is 37.9 Å². The highest BCUT2D eigenvalue weighted by atomic mass is 35.5. The van der Waals surface area contributed by atoms with E-state index < -0.39 is 0 Å². The number of aromatic nitrogens is 2. The van der Waals surface area contributed by atoms with Crippen molar-refractivity contribution in [2.24, 2.45) is 0 Å². The lowest BCUT2D eigenvalue weighted by atomic mass is 10.1. The van der Waals surface area contributed by atoms with E-state index in [1.807, 2.05) is 39.0 Å². The van der Waals surface area contributed by atoms with Crippen LogP contribution in [0.4, 0.5) is 0 Å². The van der Waals surface area contributed by atoms with Crippen LogP contribution in [0.5, 0.6) is 5.75 Å². The van der Waals surface area contributed by atoms with Crippen molar-refractivity contribution in [2.45, 2.75) is 27.2 Å². The Hall–Kier alpha value is -1.19. The van der Waals surface area contributed by atoms with Crippen molar-refractivity contribution >= 4 is 24.0 Å². The first kappa shape index (κ1) is 15.9. The molecular formula is C14H18Cl2N2O. The van der Waals surface area contributed by atoms with Crippen molar-refractivity contribution in [3.8, 4) is 5.75 Å². The standard InChI is InChI=1S/C14H17ClN2O.ClH/c1-9-8-12(4-5-14(9)15)18-7-6-13-10(2)16-17-11(13)3;/h4-5,8H,6-7H2,1-3H3,(H,16,17);1H. The number of nitrogens with zero attached hydrogens (tertiary/aromatic N) is 1. The van der Waals surface area contributed by atoms with Gasteiger partial charge in [0.05, 0.1) is 12.3 Å². The first-order valence-corrected chi connectivity index (χ1v) is 6.35. The number of aromatic amines is 1. The molecule has 0 spiro atoms. The van der Waals surface area contributed by atoms with E-state index in [2.05, 4.69) is 10.2 Å². The minimum atomic E-state index is 0. The molecule has 0 saturated heterocycles. The normalized spacial score (nSPS) is 10.1. The van der Waals surface area contributed by atoms with E-state index >= 15 is 0 Å². The van der Waals surface area contributed by atoms with Crippen LogP contribution < -0.4 is 4.74 Å². The second-order valence-corrected chi connectivity index (χ2v) is 4.83. The van der Waals surface area contributed by atoms with Crippen molar-refractivity contribution in [3.63, 3.8) is 0 Å². The molecule has 0 aliphatic carbocycles. The van der Waals surface area contributed by atoms with Crippen LogP contribution in [0.25, 0.3) is 0 Å². The number of hydrogen-bond acceptors (Lipinski definition) is 2. The largest absolute Gasteiger partial charge is 0.493 e. The third-order valence-corrected chi connectivity index (χ3v) is 3.45. The molecule has 19 heavy (non-hydrogen) atoms. The number of aryl methyl sites for hydroxylation is 3. The van der Waals surface area contributed by atoms with Crippen molar-refractivity contribution < 1.29 is 4.74 Å². The molecule has 0 fully saturated rings. The molecule has 1 aromatic carbocycles. The van der Waals surface area contributed by atoms with Gasteiger partial charge in [-0.25, -0.2) is 0 Å². The van der Waals surface area contributed by atoms with Gasteiger partial charge in [-0.05, 0) is 50.1 Å². The Morgan fingerprint density at radius 2 is 2.00 bits per heavy atom. The predicted octanol–water partition coefficient (Wildman–Crippen LogP) is 4.03. The van der Waals surface area contributed by atoms with Gasteiger partial charge in [-0.1, -0.05) is 11.6 Å². The van der Waals surface area contributed by atoms with Crippen molar-refractivity contribution in [1.29, 1.82) is 0 Å². The molecule has 5 heteroatoms. The second kappa shape index (κ2) is 6.83. The van der Waals surface area contributed by atoms with Crippen LogP contribution in [0, 0.1) is 20.8 Å². The molecule has 1 heterocycles. The lowest BCUT2D eigenvalue weighted by Gasteiger charge is -2.08. The molecule has 104 valence electrons. The van der Waals surface area contributed by atoms with Crippen LogP contribution in [0.3, 0.4) is 0 Å².